The molecule has 0 saturated heterocycles. The molecule has 0 aliphatic rings. The van der Waals surface area contributed by atoms with Crippen LogP contribution in [0.5, 0.6) is 5.75 Å². The average Bonchev–Trinajstić information content (AvgIpc) is 3.01. The molecule has 0 radical (unpaired) electrons. The fraction of sp³-hybridized carbons (Fsp3) is 0.412. The number of carboxylic acid groups (broad SMARTS) is 1. The molecule has 25 heavy (non-hydrogen) atoms. The van der Waals surface area contributed by atoms with E-state index in [4.69, 9.17) is 5.11 Å². The van der Waals surface area contributed by atoms with Gasteiger partial charge in [-0.25, -0.2) is 4.98 Å². The Morgan fingerprint density at radius 1 is 1.28 bits per heavy atom. The molecular formula is C17H22N4O4. The Balaban J connectivity index is 2.13. The topological polar surface area (TPSA) is 117 Å². The van der Waals surface area contributed by atoms with Crippen molar-refractivity contribution in [1.82, 2.24) is 20.1 Å². The van der Waals surface area contributed by atoms with Gasteiger partial charge in [-0.1, -0.05) is 6.92 Å². The number of nitrogens with zero attached hydrogens (tertiary/aromatic N) is 3. The second kappa shape index (κ2) is 7.33. The summed E-state index contributed by atoms with van der Waals surface area (Å²) in [6.45, 7) is 5.76. The van der Waals surface area contributed by atoms with E-state index >= 15 is 0 Å². The van der Waals surface area contributed by atoms with Crippen LogP contribution in [0.3, 0.4) is 0 Å². The summed E-state index contributed by atoms with van der Waals surface area (Å²) < 4.78 is 1.79. The first-order valence-electron chi connectivity index (χ1n) is 7.98. The van der Waals surface area contributed by atoms with Crippen LogP contribution in [0.4, 0.5) is 0 Å². The summed E-state index contributed by atoms with van der Waals surface area (Å²) in [5, 5.41) is 25.9. The lowest BCUT2D eigenvalue weighted by molar-refractivity contribution is -0.146. The van der Waals surface area contributed by atoms with Crippen LogP contribution in [0.15, 0.2) is 24.7 Å². The van der Waals surface area contributed by atoms with Gasteiger partial charge in [-0.2, -0.15) is 5.10 Å². The Labute approximate surface area is 145 Å². The van der Waals surface area contributed by atoms with Gasteiger partial charge in [-0.15, -0.1) is 0 Å². The molecule has 1 amide bonds. The zero-order valence-electron chi connectivity index (χ0n) is 14.5. The third-order valence-electron chi connectivity index (χ3n) is 3.77. The highest BCUT2D eigenvalue weighted by atomic mass is 16.4. The fourth-order valence-electron chi connectivity index (χ4n) is 2.11. The second-order valence-electron chi connectivity index (χ2n) is 6.46. The first kappa shape index (κ1) is 18.4. The van der Waals surface area contributed by atoms with Crippen LogP contribution in [-0.2, 0) is 11.3 Å². The van der Waals surface area contributed by atoms with E-state index in [0.717, 1.165) is 18.5 Å². The van der Waals surface area contributed by atoms with Crippen LogP contribution in [0.25, 0.3) is 11.1 Å². The number of aromatic hydroxyl groups is 1. The molecule has 0 aromatic carbocycles. The Morgan fingerprint density at radius 2 is 2.00 bits per heavy atom. The maximum absolute atomic E-state index is 12.1. The number of amides is 1. The van der Waals surface area contributed by atoms with Gasteiger partial charge in [0.2, 0.25) is 0 Å². The number of carbonyl (C=O) groups is 2. The van der Waals surface area contributed by atoms with Gasteiger partial charge in [0.1, 0.15) is 5.75 Å². The van der Waals surface area contributed by atoms with Gasteiger partial charge in [-0.05, 0) is 26.3 Å². The number of hydrogen-bond donors (Lipinski definition) is 3. The third kappa shape index (κ3) is 4.34. The van der Waals surface area contributed by atoms with Gasteiger partial charge in [0.15, 0.2) is 5.69 Å². The van der Waals surface area contributed by atoms with Crippen molar-refractivity contribution in [3.05, 3.63) is 30.4 Å². The van der Waals surface area contributed by atoms with Crippen molar-refractivity contribution < 1.29 is 19.8 Å². The minimum atomic E-state index is -1.11. The molecule has 0 fully saturated rings. The number of nitrogens with one attached hydrogen (secondary N) is 1. The van der Waals surface area contributed by atoms with E-state index in [1.165, 1.54) is 26.1 Å². The normalized spacial score (nSPS) is 11.3. The van der Waals surface area contributed by atoms with E-state index in [9.17, 15) is 14.7 Å². The number of carboxylic acids is 1. The van der Waals surface area contributed by atoms with Crippen LogP contribution >= 0.6 is 0 Å². The molecule has 2 heterocycles. The molecule has 2 rings (SSSR count). The van der Waals surface area contributed by atoms with Crippen molar-refractivity contribution >= 4 is 11.9 Å². The van der Waals surface area contributed by atoms with Crippen LogP contribution < -0.4 is 5.32 Å². The monoisotopic (exact) mass is 346 g/mol. The van der Waals surface area contributed by atoms with Gasteiger partial charge in [-0.3, -0.25) is 14.3 Å². The number of hydrogen-bond acceptors (Lipinski definition) is 5. The van der Waals surface area contributed by atoms with Gasteiger partial charge in [0.25, 0.3) is 5.91 Å². The van der Waals surface area contributed by atoms with Crippen LogP contribution in [0.1, 0.15) is 37.7 Å². The predicted molar refractivity (Wildman–Crippen MR) is 91.2 cm³/mol. The number of aromatic nitrogens is 3. The van der Waals surface area contributed by atoms with Crippen molar-refractivity contribution in [3.63, 3.8) is 0 Å². The number of aryl methyl sites for hydroxylation is 1. The first-order valence-corrected chi connectivity index (χ1v) is 7.98. The molecule has 8 nitrogen and oxygen atoms in total. The molecule has 0 saturated carbocycles. The van der Waals surface area contributed by atoms with Crippen LogP contribution in [0, 0.1) is 5.41 Å². The Morgan fingerprint density at radius 3 is 2.60 bits per heavy atom. The molecule has 2 aromatic rings. The fourth-order valence-corrected chi connectivity index (χ4v) is 2.11. The van der Waals surface area contributed by atoms with E-state index in [-0.39, 0.29) is 18.0 Å². The zero-order chi connectivity index (χ0) is 18.6. The van der Waals surface area contributed by atoms with E-state index in [2.05, 4.69) is 15.4 Å². The smallest absolute Gasteiger partial charge is 0.310 e. The molecular weight excluding hydrogens is 324 g/mol. The summed E-state index contributed by atoms with van der Waals surface area (Å²) in [5.41, 5.74) is 0.169. The summed E-state index contributed by atoms with van der Waals surface area (Å²) >= 11 is 0. The number of pyridine rings is 1. The van der Waals surface area contributed by atoms with E-state index in [0.29, 0.717) is 5.56 Å². The summed E-state index contributed by atoms with van der Waals surface area (Å²) in [7, 11) is 0. The largest absolute Gasteiger partial charge is 0.505 e. The molecule has 0 aliphatic carbocycles. The highest BCUT2D eigenvalue weighted by Gasteiger charge is 2.28. The van der Waals surface area contributed by atoms with Gasteiger partial charge in [0.05, 0.1) is 11.6 Å². The molecule has 3 N–H and O–H groups in total. The third-order valence-corrected chi connectivity index (χ3v) is 3.77. The van der Waals surface area contributed by atoms with Crippen molar-refractivity contribution in [3.8, 4) is 16.9 Å². The van der Waals surface area contributed by atoms with E-state index < -0.39 is 17.3 Å². The SMILES string of the molecule is CCCn1cc(-c2cnc(C(=O)NCC(C)(C)C(=O)O)c(O)c2)cn1. The Hall–Kier alpha value is -2.90. The van der Waals surface area contributed by atoms with Gasteiger partial charge < -0.3 is 15.5 Å². The zero-order valence-corrected chi connectivity index (χ0v) is 14.5. The summed E-state index contributed by atoms with van der Waals surface area (Å²) in [6, 6.07) is 1.44. The number of rotatable bonds is 7. The van der Waals surface area contributed by atoms with Crippen molar-refractivity contribution in [2.45, 2.75) is 33.7 Å². The Bertz CT molecular complexity index is 783. The Kier molecular flexibility index (Phi) is 5.41. The maximum atomic E-state index is 12.1. The molecule has 134 valence electrons. The molecule has 2 aromatic heterocycles. The molecule has 0 bridgehead atoms. The number of aliphatic carboxylic acids is 1. The highest BCUT2D eigenvalue weighted by Crippen LogP contribution is 2.24. The molecule has 0 unspecified atom stereocenters. The van der Waals surface area contributed by atoms with Crippen molar-refractivity contribution in [1.29, 1.82) is 0 Å². The minimum Gasteiger partial charge on any atom is -0.505 e. The maximum Gasteiger partial charge on any atom is 0.310 e. The van der Waals surface area contributed by atoms with E-state index in [1.54, 1.807) is 10.9 Å². The van der Waals surface area contributed by atoms with Crippen molar-refractivity contribution in [2.75, 3.05) is 6.54 Å². The highest BCUT2D eigenvalue weighted by molar-refractivity contribution is 5.95. The molecule has 0 spiro atoms. The quantitative estimate of drug-likeness (QED) is 0.705. The standard InChI is InChI=1S/C17H22N4O4/c1-4-5-21-9-12(8-20-21)11-6-13(22)14(18-7-11)15(23)19-10-17(2,3)16(24)25/h6-9,22H,4-5,10H2,1-3H3,(H,19,23)(H,24,25). The lowest BCUT2D eigenvalue weighted by Crippen LogP contribution is -2.39. The van der Waals surface area contributed by atoms with Crippen molar-refractivity contribution in [2.24, 2.45) is 5.41 Å². The van der Waals surface area contributed by atoms with Crippen LogP contribution in [0.2, 0.25) is 0 Å². The summed E-state index contributed by atoms with van der Waals surface area (Å²) in [6.07, 6.45) is 5.94. The van der Waals surface area contributed by atoms with Gasteiger partial charge in [0, 0.05) is 36.6 Å². The molecule has 0 atom stereocenters. The first-order chi connectivity index (χ1) is 11.7. The second-order valence-corrected chi connectivity index (χ2v) is 6.46. The lowest BCUT2D eigenvalue weighted by atomic mass is 9.94. The predicted octanol–water partition coefficient (Wildman–Crippen LogP) is 1.90. The molecule has 0 aliphatic heterocycles. The molecule has 8 heteroatoms. The minimum absolute atomic E-state index is 0.0756. The van der Waals surface area contributed by atoms with Crippen LogP contribution in [-0.4, -0.2) is 43.4 Å². The van der Waals surface area contributed by atoms with Gasteiger partial charge >= 0.3 is 5.97 Å². The average molecular weight is 346 g/mol. The lowest BCUT2D eigenvalue weighted by Gasteiger charge is -2.19. The number of carbonyl (C=O) groups excluding carboxylic acids is 1. The van der Waals surface area contributed by atoms with E-state index in [1.807, 2.05) is 13.1 Å². The summed E-state index contributed by atoms with van der Waals surface area (Å²) in [5.74, 6) is -1.92. The summed E-state index contributed by atoms with van der Waals surface area (Å²) in [4.78, 5) is 27.2.